The minimum atomic E-state index is -2.01. The summed E-state index contributed by atoms with van der Waals surface area (Å²) in [5, 5.41) is 27.4. The predicted molar refractivity (Wildman–Crippen MR) is 159 cm³/mol. The normalized spacial score (nSPS) is 21.0. The quantitative estimate of drug-likeness (QED) is 0.313. The zero-order valence-corrected chi connectivity index (χ0v) is 23.6. The molecule has 10 heteroatoms. The number of carbonyl (C=O) groups excluding carboxylic acids is 4. The molecule has 4 N–H and O–H groups in total. The lowest BCUT2D eigenvalue weighted by Crippen LogP contribution is -2.65. The van der Waals surface area contributed by atoms with E-state index < -0.39 is 47.8 Å². The van der Waals surface area contributed by atoms with Crippen LogP contribution < -0.4 is 15.5 Å². The molecule has 2 heterocycles. The number of amides is 3. The Labute approximate surface area is 249 Å². The number of rotatable bonds is 8. The summed E-state index contributed by atoms with van der Waals surface area (Å²) >= 11 is 0. The zero-order valence-electron chi connectivity index (χ0n) is 23.6. The third kappa shape index (κ3) is 5.06. The van der Waals surface area contributed by atoms with Gasteiger partial charge in [-0.2, -0.15) is 0 Å². The molecule has 3 aromatic rings. The summed E-state index contributed by atoms with van der Waals surface area (Å²) in [7, 11) is 0. The maximum absolute atomic E-state index is 14.5. The van der Waals surface area contributed by atoms with Gasteiger partial charge in [0.25, 0.3) is 5.91 Å². The van der Waals surface area contributed by atoms with Gasteiger partial charge in [0, 0.05) is 48.9 Å². The number of carbonyl (C=O) groups is 4. The molecule has 3 amide bonds. The van der Waals surface area contributed by atoms with Crippen LogP contribution in [0.5, 0.6) is 0 Å². The van der Waals surface area contributed by atoms with Gasteiger partial charge in [-0.15, -0.1) is 0 Å². The number of nitrogens with one attached hydrogen (secondary N) is 2. The van der Waals surface area contributed by atoms with Gasteiger partial charge in [-0.25, -0.2) is 0 Å². The van der Waals surface area contributed by atoms with Crippen LogP contribution >= 0.6 is 0 Å². The molecule has 10 nitrogen and oxygen atoms in total. The van der Waals surface area contributed by atoms with Gasteiger partial charge in [0.1, 0.15) is 12.6 Å². The topological polar surface area (TPSA) is 139 Å². The highest BCUT2D eigenvalue weighted by Crippen LogP contribution is 2.48. The van der Waals surface area contributed by atoms with E-state index in [0.29, 0.717) is 30.6 Å². The molecule has 0 aromatic heterocycles. The Morgan fingerprint density at radius 2 is 1.56 bits per heavy atom. The first kappa shape index (κ1) is 28.6. The van der Waals surface area contributed by atoms with Gasteiger partial charge in [0.05, 0.1) is 6.04 Å². The van der Waals surface area contributed by atoms with Crippen LogP contribution in [-0.2, 0) is 24.8 Å². The molecule has 6 rings (SSSR count). The van der Waals surface area contributed by atoms with Gasteiger partial charge in [0.2, 0.25) is 11.8 Å². The van der Waals surface area contributed by atoms with Gasteiger partial charge in [-0.05, 0) is 36.1 Å². The second kappa shape index (κ2) is 11.6. The molecular formula is C33H34N4O6. The second-order valence-corrected chi connectivity index (χ2v) is 11.3. The molecule has 43 heavy (non-hydrogen) atoms. The van der Waals surface area contributed by atoms with E-state index in [1.807, 2.05) is 59.5 Å². The fourth-order valence-corrected chi connectivity index (χ4v) is 6.58. The van der Waals surface area contributed by atoms with Crippen LogP contribution in [-0.4, -0.2) is 83.5 Å². The van der Waals surface area contributed by atoms with Crippen molar-refractivity contribution in [2.24, 2.45) is 5.92 Å². The lowest BCUT2D eigenvalue weighted by Gasteiger charge is -2.44. The third-order valence-electron chi connectivity index (χ3n) is 8.84. The minimum absolute atomic E-state index is 0.0464. The number of aliphatic hydroxyl groups is 2. The first-order valence-electron chi connectivity index (χ1n) is 14.6. The average Bonchev–Trinajstić information content (AvgIpc) is 3.58. The van der Waals surface area contributed by atoms with Crippen LogP contribution in [0.3, 0.4) is 0 Å². The lowest BCUT2D eigenvalue weighted by atomic mass is 9.88. The highest BCUT2D eigenvalue weighted by Gasteiger charge is 2.52. The zero-order chi connectivity index (χ0) is 30.1. The Kier molecular flexibility index (Phi) is 7.72. The van der Waals surface area contributed by atoms with E-state index in [9.17, 15) is 29.4 Å². The van der Waals surface area contributed by atoms with Crippen molar-refractivity contribution in [2.45, 2.75) is 30.5 Å². The molecule has 0 bridgehead atoms. The first-order valence-corrected chi connectivity index (χ1v) is 14.6. The van der Waals surface area contributed by atoms with E-state index in [1.54, 1.807) is 24.3 Å². The number of aliphatic hydroxyl groups excluding tert-OH is 1. The molecule has 2 fully saturated rings. The predicted octanol–water partition coefficient (Wildman–Crippen LogP) is 1.19. The van der Waals surface area contributed by atoms with Gasteiger partial charge >= 0.3 is 0 Å². The van der Waals surface area contributed by atoms with Crippen molar-refractivity contribution >= 4 is 29.2 Å². The number of piperazine rings is 1. The summed E-state index contributed by atoms with van der Waals surface area (Å²) in [6.45, 7) is 0.360. The summed E-state index contributed by atoms with van der Waals surface area (Å²) in [4.78, 5) is 56.9. The number of hydrogen-bond donors (Lipinski definition) is 4. The van der Waals surface area contributed by atoms with E-state index in [2.05, 4.69) is 10.6 Å². The molecule has 0 spiro atoms. The van der Waals surface area contributed by atoms with Crippen LogP contribution in [0, 0.1) is 5.92 Å². The molecule has 3 atom stereocenters. The fourth-order valence-electron chi connectivity index (χ4n) is 6.58. The molecule has 0 radical (unpaired) electrons. The number of para-hydroxylation sites is 1. The number of fused-ring (bicyclic) bond motifs is 3. The Morgan fingerprint density at radius 3 is 2.16 bits per heavy atom. The van der Waals surface area contributed by atoms with E-state index in [-0.39, 0.29) is 25.4 Å². The van der Waals surface area contributed by atoms with E-state index in [4.69, 9.17) is 0 Å². The number of ketones is 1. The van der Waals surface area contributed by atoms with E-state index >= 15 is 0 Å². The minimum Gasteiger partial charge on any atom is -0.389 e. The van der Waals surface area contributed by atoms with Crippen molar-refractivity contribution in [3.05, 3.63) is 90.0 Å². The van der Waals surface area contributed by atoms with Gasteiger partial charge in [-0.1, -0.05) is 66.7 Å². The monoisotopic (exact) mass is 582 g/mol. The van der Waals surface area contributed by atoms with E-state index in [1.165, 1.54) is 4.90 Å². The van der Waals surface area contributed by atoms with Crippen LogP contribution in [0.25, 0.3) is 11.1 Å². The van der Waals surface area contributed by atoms with Crippen LogP contribution in [0.4, 0.5) is 5.69 Å². The largest absolute Gasteiger partial charge is 0.389 e. The molecule has 0 unspecified atom stereocenters. The van der Waals surface area contributed by atoms with Gasteiger partial charge in [0.15, 0.2) is 11.4 Å². The molecule has 1 aliphatic carbocycles. The maximum Gasteiger partial charge on any atom is 0.264 e. The SMILES string of the molecule is O=C1NCC[C@@H]1C[C@H](NC(=O)[C@H]1CN(c2ccccc2)CCN1C(=O)C1(O)c2ccccc2-c2ccccc21)C(=O)CO. The van der Waals surface area contributed by atoms with Gasteiger partial charge < -0.3 is 30.6 Å². The number of anilines is 1. The standard InChI is InChI=1S/C33H34N4O6/c38-20-29(39)27(18-21-14-15-34-30(21)40)35-31(41)28-19-36(22-8-2-1-3-9-22)16-17-37(28)32(42)33(43)25-12-6-4-10-23(25)24-11-5-7-13-26(24)33/h1-13,21,27-28,38,43H,14-20H2,(H,34,40)(H,35,41)/t21-,27+,28-/m1/s1. The Morgan fingerprint density at radius 1 is 0.930 bits per heavy atom. The molecule has 2 aliphatic heterocycles. The Hall–Kier alpha value is -4.54. The third-order valence-corrected chi connectivity index (χ3v) is 8.84. The highest BCUT2D eigenvalue weighted by molar-refractivity contribution is 6.01. The molecule has 2 saturated heterocycles. The Bertz CT molecular complexity index is 1510. The number of benzene rings is 3. The van der Waals surface area contributed by atoms with Crippen LogP contribution in [0.1, 0.15) is 24.0 Å². The van der Waals surface area contributed by atoms with Gasteiger partial charge in [-0.3, -0.25) is 19.2 Å². The molecule has 3 aliphatic rings. The second-order valence-electron chi connectivity index (χ2n) is 11.3. The van der Waals surface area contributed by atoms with Crippen molar-refractivity contribution < 1.29 is 29.4 Å². The van der Waals surface area contributed by atoms with Crippen LogP contribution in [0.2, 0.25) is 0 Å². The summed E-state index contributed by atoms with van der Waals surface area (Å²) in [6, 6.07) is 21.7. The first-order chi connectivity index (χ1) is 20.8. The van der Waals surface area contributed by atoms with Crippen molar-refractivity contribution in [3.63, 3.8) is 0 Å². The summed E-state index contributed by atoms with van der Waals surface area (Å²) < 4.78 is 0. The number of nitrogens with zero attached hydrogens (tertiary/aromatic N) is 2. The fraction of sp³-hybridized carbons (Fsp3) is 0.333. The lowest BCUT2D eigenvalue weighted by molar-refractivity contribution is -0.154. The number of hydrogen-bond acceptors (Lipinski definition) is 7. The summed E-state index contributed by atoms with van der Waals surface area (Å²) in [5.41, 5.74) is 1.26. The molecule has 3 aromatic carbocycles. The Balaban J connectivity index is 1.34. The van der Waals surface area contributed by atoms with Crippen molar-refractivity contribution in [3.8, 4) is 11.1 Å². The number of Topliss-reactive ketones (excluding diaryl/α,β-unsaturated/α-hetero) is 1. The molecule has 0 saturated carbocycles. The van der Waals surface area contributed by atoms with Crippen molar-refractivity contribution in [2.75, 3.05) is 37.7 Å². The maximum atomic E-state index is 14.5. The molecule has 222 valence electrons. The van der Waals surface area contributed by atoms with Crippen molar-refractivity contribution in [1.82, 2.24) is 15.5 Å². The average molecular weight is 583 g/mol. The van der Waals surface area contributed by atoms with E-state index in [0.717, 1.165) is 16.8 Å². The highest BCUT2D eigenvalue weighted by atomic mass is 16.3. The van der Waals surface area contributed by atoms with Crippen molar-refractivity contribution in [1.29, 1.82) is 0 Å². The summed E-state index contributed by atoms with van der Waals surface area (Å²) in [5.74, 6) is -2.51. The summed E-state index contributed by atoms with van der Waals surface area (Å²) in [6.07, 6.45) is 0.566. The smallest absolute Gasteiger partial charge is 0.264 e. The van der Waals surface area contributed by atoms with Crippen LogP contribution in [0.15, 0.2) is 78.9 Å². The molecular weight excluding hydrogens is 548 g/mol.